The molecule has 1 aromatic carbocycles. The largest absolute Gasteiger partial charge is 0.467 e. The minimum atomic E-state index is -1.35. The predicted octanol–water partition coefficient (Wildman–Crippen LogP) is 0.863. The number of aliphatic hydroxyl groups is 1. The molecule has 1 rings (SSSR count). The summed E-state index contributed by atoms with van der Waals surface area (Å²) in [4.78, 5) is 22.8. The number of hydrogen-bond acceptors (Lipinski definition) is 4. The molecule has 0 fully saturated rings. The summed E-state index contributed by atoms with van der Waals surface area (Å²) in [5.74, 6) is -1.10. The van der Waals surface area contributed by atoms with Crippen LogP contribution in [-0.4, -0.2) is 36.7 Å². The number of aryl methyl sites for hydroxylation is 1. The molecule has 0 bridgehead atoms. The van der Waals surface area contributed by atoms with Crippen LogP contribution in [0.1, 0.15) is 15.9 Å². The molecule has 0 saturated carbocycles. The van der Waals surface area contributed by atoms with Gasteiger partial charge in [-0.05, 0) is 41.1 Å². The lowest BCUT2D eigenvalue weighted by Gasteiger charge is -2.11. The Morgan fingerprint density at radius 2 is 2.17 bits per heavy atom. The van der Waals surface area contributed by atoms with Crippen LogP contribution in [0.4, 0.5) is 0 Å². The average Bonchev–Trinajstić information content (AvgIpc) is 2.37. The molecule has 0 heterocycles. The molecule has 1 aromatic rings. The molecule has 1 amide bonds. The molecular weight excluding hydrogens is 349 g/mol. The quantitative estimate of drug-likeness (QED) is 0.615. The standard InChI is InChI=1S/C12H14INO4/c1-7-4-3-5-8(10(7)13)11(16)14-6-9(15)12(17)18-2/h3-5,9,15H,6H2,1-2H3,(H,14,16). The summed E-state index contributed by atoms with van der Waals surface area (Å²) >= 11 is 2.08. The Hall–Kier alpha value is -1.15. The Morgan fingerprint density at radius 3 is 2.78 bits per heavy atom. The number of carbonyl (C=O) groups excluding carboxylic acids is 2. The van der Waals surface area contributed by atoms with Gasteiger partial charge in [-0.1, -0.05) is 12.1 Å². The SMILES string of the molecule is COC(=O)C(O)CNC(=O)c1cccc(C)c1I. The maximum atomic E-state index is 11.9. The van der Waals surface area contributed by atoms with Gasteiger partial charge in [0.05, 0.1) is 19.2 Å². The lowest BCUT2D eigenvalue weighted by molar-refractivity contribution is -0.149. The predicted molar refractivity (Wildman–Crippen MR) is 74.3 cm³/mol. The van der Waals surface area contributed by atoms with Crippen molar-refractivity contribution in [3.8, 4) is 0 Å². The van der Waals surface area contributed by atoms with Gasteiger partial charge in [-0.3, -0.25) is 4.79 Å². The molecule has 0 aliphatic heterocycles. The minimum absolute atomic E-state index is 0.171. The minimum Gasteiger partial charge on any atom is -0.467 e. The second-order valence-electron chi connectivity index (χ2n) is 3.69. The van der Waals surface area contributed by atoms with Gasteiger partial charge in [-0.25, -0.2) is 4.79 Å². The third-order valence-electron chi connectivity index (χ3n) is 2.37. The van der Waals surface area contributed by atoms with Gasteiger partial charge in [0.2, 0.25) is 0 Å². The first kappa shape index (κ1) is 14.9. The molecule has 2 N–H and O–H groups in total. The Labute approximate surface area is 119 Å². The molecular formula is C12H14INO4. The monoisotopic (exact) mass is 363 g/mol. The van der Waals surface area contributed by atoms with E-state index < -0.39 is 12.1 Å². The molecule has 0 aliphatic carbocycles. The highest BCUT2D eigenvalue weighted by molar-refractivity contribution is 14.1. The molecule has 98 valence electrons. The Morgan fingerprint density at radius 1 is 1.50 bits per heavy atom. The summed E-state index contributed by atoms with van der Waals surface area (Å²) in [5.41, 5.74) is 1.52. The fourth-order valence-electron chi connectivity index (χ4n) is 1.33. The van der Waals surface area contributed by atoms with E-state index in [-0.39, 0.29) is 12.5 Å². The highest BCUT2D eigenvalue weighted by Gasteiger charge is 2.17. The fraction of sp³-hybridized carbons (Fsp3) is 0.333. The van der Waals surface area contributed by atoms with E-state index in [0.717, 1.165) is 9.13 Å². The smallest absolute Gasteiger partial charge is 0.336 e. The number of carbonyl (C=O) groups is 2. The average molecular weight is 363 g/mol. The molecule has 1 atom stereocenters. The van der Waals surface area contributed by atoms with E-state index in [4.69, 9.17) is 0 Å². The van der Waals surface area contributed by atoms with E-state index in [9.17, 15) is 14.7 Å². The van der Waals surface area contributed by atoms with Crippen molar-refractivity contribution in [2.24, 2.45) is 0 Å². The van der Waals surface area contributed by atoms with Crippen LogP contribution in [-0.2, 0) is 9.53 Å². The van der Waals surface area contributed by atoms with Crippen molar-refractivity contribution < 1.29 is 19.4 Å². The number of amides is 1. The second kappa shape index (κ2) is 6.69. The number of methoxy groups -OCH3 is 1. The summed E-state index contributed by atoms with van der Waals surface area (Å²) in [6.07, 6.45) is -1.35. The summed E-state index contributed by atoms with van der Waals surface area (Å²) < 4.78 is 5.20. The van der Waals surface area contributed by atoms with Gasteiger partial charge < -0.3 is 15.2 Å². The third-order valence-corrected chi connectivity index (χ3v) is 3.80. The van der Waals surface area contributed by atoms with Crippen LogP contribution >= 0.6 is 22.6 Å². The topological polar surface area (TPSA) is 75.6 Å². The number of benzene rings is 1. The van der Waals surface area contributed by atoms with Crippen LogP contribution in [0.3, 0.4) is 0 Å². The van der Waals surface area contributed by atoms with Gasteiger partial charge in [-0.2, -0.15) is 0 Å². The molecule has 0 radical (unpaired) electrons. The number of rotatable bonds is 4. The zero-order valence-electron chi connectivity index (χ0n) is 10.1. The number of hydrogen-bond donors (Lipinski definition) is 2. The fourth-order valence-corrected chi connectivity index (χ4v) is 1.93. The highest BCUT2D eigenvalue weighted by atomic mass is 127. The zero-order valence-corrected chi connectivity index (χ0v) is 12.2. The summed E-state index contributed by atoms with van der Waals surface area (Å²) in [7, 11) is 1.18. The van der Waals surface area contributed by atoms with Crippen LogP contribution in [0.25, 0.3) is 0 Å². The summed E-state index contributed by atoms with van der Waals surface area (Å²) in [6.45, 7) is 1.73. The highest BCUT2D eigenvalue weighted by Crippen LogP contribution is 2.16. The second-order valence-corrected chi connectivity index (χ2v) is 4.76. The Bertz CT molecular complexity index is 461. The first-order valence-corrected chi connectivity index (χ1v) is 6.34. The lowest BCUT2D eigenvalue weighted by atomic mass is 10.1. The zero-order chi connectivity index (χ0) is 13.7. The van der Waals surface area contributed by atoms with Crippen LogP contribution in [0.5, 0.6) is 0 Å². The molecule has 0 aromatic heterocycles. The van der Waals surface area contributed by atoms with Gasteiger partial charge in [-0.15, -0.1) is 0 Å². The molecule has 18 heavy (non-hydrogen) atoms. The Kier molecular flexibility index (Phi) is 5.54. The third kappa shape index (κ3) is 3.67. The van der Waals surface area contributed by atoms with Crippen molar-refractivity contribution in [2.45, 2.75) is 13.0 Å². The van der Waals surface area contributed by atoms with Gasteiger partial charge in [0, 0.05) is 3.57 Å². The number of halogens is 1. The Balaban J connectivity index is 2.66. The number of esters is 1. The van der Waals surface area contributed by atoms with E-state index >= 15 is 0 Å². The van der Waals surface area contributed by atoms with Gasteiger partial charge in [0.15, 0.2) is 6.10 Å². The number of aliphatic hydroxyl groups excluding tert-OH is 1. The molecule has 0 spiro atoms. The maximum Gasteiger partial charge on any atom is 0.336 e. The molecule has 5 nitrogen and oxygen atoms in total. The van der Waals surface area contributed by atoms with Crippen molar-refractivity contribution in [3.63, 3.8) is 0 Å². The summed E-state index contributed by atoms with van der Waals surface area (Å²) in [5, 5.41) is 11.8. The van der Waals surface area contributed by atoms with Crippen LogP contribution in [0.15, 0.2) is 18.2 Å². The van der Waals surface area contributed by atoms with E-state index in [1.807, 2.05) is 13.0 Å². The van der Waals surface area contributed by atoms with Crippen LogP contribution in [0.2, 0.25) is 0 Å². The van der Waals surface area contributed by atoms with Crippen LogP contribution < -0.4 is 5.32 Å². The van der Waals surface area contributed by atoms with Gasteiger partial charge in [0.1, 0.15) is 0 Å². The first-order valence-electron chi connectivity index (χ1n) is 5.26. The van der Waals surface area contributed by atoms with E-state index in [2.05, 4.69) is 32.6 Å². The van der Waals surface area contributed by atoms with Crippen molar-refractivity contribution in [3.05, 3.63) is 32.9 Å². The molecule has 1 unspecified atom stereocenters. The first-order chi connectivity index (χ1) is 8.47. The summed E-state index contributed by atoms with van der Waals surface area (Å²) in [6, 6.07) is 5.37. The molecule has 0 aliphatic rings. The van der Waals surface area contributed by atoms with Crippen molar-refractivity contribution >= 4 is 34.5 Å². The van der Waals surface area contributed by atoms with Crippen molar-refractivity contribution in [1.29, 1.82) is 0 Å². The number of nitrogens with one attached hydrogen (secondary N) is 1. The van der Waals surface area contributed by atoms with Crippen LogP contribution in [0, 0.1) is 10.5 Å². The number of ether oxygens (including phenoxy) is 1. The van der Waals surface area contributed by atoms with E-state index in [1.54, 1.807) is 12.1 Å². The van der Waals surface area contributed by atoms with Gasteiger partial charge >= 0.3 is 5.97 Å². The normalized spacial score (nSPS) is 11.8. The van der Waals surface area contributed by atoms with Crippen molar-refractivity contribution in [1.82, 2.24) is 5.32 Å². The maximum absolute atomic E-state index is 11.9. The van der Waals surface area contributed by atoms with Crippen molar-refractivity contribution in [2.75, 3.05) is 13.7 Å². The van der Waals surface area contributed by atoms with Gasteiger partial charge in [0.25, 0.3) is 5.91 Å². The molecule has 0 saturated heterocycles. The van der Waals surface area contributed by atoms with E-state index in [1.165, 1.54) is 7.11 Å². The molecule has 6 heteroatoms. The lowest BCUT2D eigenvalue weighted by Crippen LogP contribution is -2.37. The van der Waals surface area contributed by atoms with E-state index in [0.29, 0.717) is 5.56 Å².